The third-order valence-electron chi connectivity index (χ3n) is 3.73. The number of aromatic nitrogens is 2. The number of nitrogens with zero attached hydrogens (tertiary/aromatic N) is 1. The number of aromatic amines is 1. The van der Waals surface area contributed by atoms with Crippen molar-refractivity contribution in [3.63, 3.8) is 0 Å². The maximum atomic E-state index is 4.30. The highest BCUT2D eigenvalue weighted by Crippen LogP contribution is 2.30. The molecule has 0 spiro atoms. The van der Waals surface area contributed by atoms with Crippen LogP contribution in [0.5, 0.6) is 0 Å². The normalized spacial score (nSPS) is 31.5. The first-order valence-electron chi connectivity index (χ1n) is 5.95. The van der Waals surface area contributed by atoms with Crippen molar-refractivity contribution >= 4 is 5.95 Å². The average Bonchev–Trinajstić information content (AvgIpc) is 2.59. The number of H-pyrrole nitrogens is 1. The van der Waals surface area contributed by atoms with Crippen LogP contribution in [0, 0.1) is 18.8 Å². The Morgan fingerprint density at radius 2 is 2.20 bits per heavy atom. The number of nitrogens with one attached hydrogen (secondary N) is 2. The van der Waals surface area contributed by atoms with Crippen molar-refractivity contribution in [2.75, 3.05) is 5.32 Å². The van der Waals surface area contributed by atoms with Crippen molar-refractivity contribution < 1.29 is 0 Å². The molecule has 1 aromatic heterocycles. The van der Waals surface area contributed by atoms with Crippen LogP contribution in [-0.4, -0.2) is 16.0 Å². The zero-order chi connectivity index (χ0) is 10.8. The number of aryl methyl sites for hydroxylation is 1. The van der Waals surface area contributed by atoms with E-state index < -0.39 is 0 Å². The second-order valence-corrected chi connectivity index (χ2v) is 4.93. The number of hydrogen-bond acceptors (Lipinski definition) is 2. The molecule has 1 heterocycles. The molecule has 15 heavy (non-hydrogen) atoms. The summed E-state index contributed by atoms with van der Waals surface area (Å²) >= 11 is 0. The molecule has 0 aromatic carbocycles. The highest BCUT2D eigenvalue weighted by atomic mass is 15.1. The molecule has 84 valence electrons. The van der Waals surface area contributed by atoms with E-state index in [4.69, 9.17) is 0 Å². The molecule has 1 aromatic rings. The smallest absolute Gasteiger partial charge is 0.200 e. The molecular weight excluding hydrogens is 186 g/mol. The molecule has 0 amide bonds. The van der Waals surface area contributed by atoms with E-state index in [1.807, 2.05) is 13.1 Å². The lowest BCUT2D eigenvalue weighted by atomic mass is 9.78. The largest absolute Gasteiger partial charge is 0.353 e. The minimum Gasteiger partial charge on any atom is -0.353 e. The van der Waals surface area contributed by atoms with Gasteiger partial charge >= 0.3 is 0 Å². The molecule has 1 fully saturated rings. The van der Waals surface area contributed by atoms with Gasteiger partial charge in [-0.15, -0.1) is 0 Å². The van der Waals surface area contributed by atoms with Crippen molar-refractivity contribution in [3.8, 4) is 0 Å². The zero-order valence-electron chi connectivity index (χ0n) is 9.88. The van der Waals surface area contributed by atoms with E-state index in [9.17, 15) is 0 Å². The highest BCUT2D eigenvalue weighted by molar-refractivity contribution is 5.28. The Kier molecular flexibility index (Phi) is 2.98. The molecule has 3 unspecified atom stereocenters. The molecule has 3 nitrogen and oxygen atoms in total. The summed E-state index contributed by atoms with van der Waals surface area (Å²) in [6.07, 6.45) is 5.85. The Bertz CT molecular complexity index is 318. The first-order valence-corrected chi connectivity index (χ1v) is 5.95. The fourth-order valence-electron chi connectivity index (χ4n) is 2.45. The summed E-state index contributed by atoms with van der Waals surface area (Å²) < 4.78 is 0. The van der Waals surface area contributed by atoms with E-state index in [1.165, 1.54) is 19.3 Å². The van der Waals surface area contributed by atoms with Gasteiger partial charge < -0.3 is 10.3 Å². The summed E-state index contributed by atoms with van der Waals surface area (Å²) in [6.45, 7) is 6.73. The first kappa shape index (κ1) is 10.5. The quantitative estimate of drug-likeness (QED) is 0.782. The van der Waals surface area contributed by atoms with Crippen LogP contribution in [0.4, 0.5) is 5.95 Å². The lowest BCUT2D eigenvalue weighted by Gasteiger charge is -2.34. The molecule has 0 aliphatic heterocycles. The molecule has 1 aliphatic carbocycles. The second kappa shape index (κ2) is 4.25. The third-order valence-corrected chi connectivity index (χ3v) is 3.73. The van der Waals surface area contributed by atoms with E-state index in [0.29, 0.717) is 6.04 Å². The van der Waals surface area contributed by atoms with E-state index in [1.54, 1.807) is 0 Å². The molecule has 0 saturated heterocycles. The van der Waals surface area contributed by atoms with Gasteiger partial charge in [0.25, 0.3) is 0 Å². The van der Waals surface area contributed by atoms with Crippen LogP contribution in [0.15, 0.2) is 6.20 Å². The summed E-state index contributed by atoms with van der Waals surface area (Å²) in [5, 5.41) is 3.52. The summed E-state index contributed by atoms with van der Waals surface area (Å²) in [5.41, 5.74) is 1.12. The van der Waals surface area contributed by atoms with Crippen LogP contribution < -0.4 is 5.32 Å². The van der Waals surface area contributed by atoms with Crippen LogP contribution in [-0.2, 0) is 0 Å². The first-order chi connectivity index (χ1) is 7.16. The lowest BCUT2D eigenvalue weighted by molar-refractivity contribution is 0.252. The van der Waals surface area contributed by atoms with Crippen molar-refractivity contribution in [3.05, 3.63) is 11.9 Å². The van der Waals surface area contributed by atoms with Crippen LogP contribution in [0.25, 0.3) is 0 Å². The van der Waals surface area contributed by atoms with Crippen molar-refractivity contribution in [2.24, 2.45) is 11.8 Å². The average molecular weight is 207 g/mol. The molecule has 1 aliphatic rings. The van der Waals surface area contributed by atoms with Crippen molar-refractivity contribution in [1.82, 2.24) is 9.97 Å². The summed E-state index contributed by atoms with van der Waals surface area (Å²) in [4.78, 5) is 7.54. The lowest BCUT2D eigenvalue weighted by Crippen LogP contribution is -2.35. The van der Waals surface area contributed by atoms with Gasteiger partial charge in [-0.2, -0.15) is 0 Å². The molecule has 1 saturated carbocycles. The zero-order valence-corrected chi connectivity index (χ0v) is 9.88. The van der Waals surface area contributed by atoms with Gasteiger partial charge in [-0.3, -0.25) is 0 Å². The van der Waals surface area contributed by atoms with Crippen LogP contribution in [0.2, 0.25) is 0 Å². The molecular formula is C12H21N3. The van der Waals surface area contributed by atoms with Crippen LogP contribution in [0.3, 0.4) is 0 Å². The van der Waals surface area contributed by atoms with Gasteiger partial charge in [0.2, 0.25) is 5.95 Å². The molecule has 0 radical (unpaired) electrons. The predicted molar refractivity (Wildman–Crippen MR) is 62.9 cm³/mol. The standard InChI is InChI=1S/C12H21N3/c1-8-5-4-6-11(10(8)3)15-12-13-7-9(2)14-12/h7-8,10-11H,4-6H2,1-3H3,(H2,13,14,15). The van der Waals surface area contributed by atoms with Gasteiger partial charge in [0.05, 0.1) is 0 Å². The maximum Gasteiger partial charge on any atom is 0.200 e. The minimum atomic E-state index is 0.583. The number of imidazole rings is 1. The van der Waals surface area contributed by atoms with Gasteiger partial charge in [-0.25, -0.2) is 4.98 Å². The van der Waals surface area contributed by atoms with Gasteiger partial charge in [0, 0.05) is 17.9 Å². The summed E-state index contributed by atoms with van der Waals surface area (Å²) in [7, 11) is 0. The molecule has 2 rings (SSSR count). The van der Waals surface area contributed by atoms with E-state index in [-0.39, 0.29) is 0 Å². The van der Waals surface area contributed by atoms with E-state index in [0.717, 1.165) is 23.5 Å². The van der Waals surface area contributed by atoms with Crippen LogP contribution >= 0.6 is 0 Å². The Morgan fingerprint density at radius 1 is 1.40 bits per heavy atom. The predicted octanol–water partition coefficient (Wildman–Crippen LogP) is 2.95. The Hall–Kier alpha value is -0.990. The van der Waals surface area contributed by atoms with Gasteiger partial charge in [0.15, 0.2) is 0 Å². The molecule has 3 heteroatoms. The fraction of sp³-hybridized carbons (Fsp3) is 0.750. The van der Waals surface area contributed by atoms with E-state index >= 15 is 0 Å². The molecule has 2 N–H and O–H groups in total. The van der Waals surface area contributed by atoms with Crippen molar-refractivity contribution in [2.45, 2.75) is 46.1 Å². The Balaban J connectivity index is 1.99. The van der Waals surface area contributed by atoms with Gasteiger partial charge in [-0.05, 0) is 25.2 Å². The number of anilines is 1. The number of rotatable bonds is 2. The minimum absolute atomic E-state index is 0.583. The fourth-order valence-corrected chi connectivity index (χ4v) is 2.45. The highest BCUT2D eigenvalue weighted by Gasteiger charge is 2.27. The topological polar surface area (TPSA) is 40.7 Å². The van der Waals surface area contributed by atoms with Crippen LogP contribution in [0.1, 0.15) is 38.8 Å². The monoisotopic (exact) mass is 207 g/mol. The summed E-state index contributed by atoms with van der Waals surface area (Å²) in [5.74, 6) is 2.50. The molecule has 0 bridgehead atoms. The van der Waals surface area contributed by atoms with Crippen molar-refractivity contribution in [1.29, 1.82) is 0 Å². The SMILES string of the molecule is Cc1cnc(NC2CCCC(C)C2C)[nH]1. The Morgan fingerprint density at radius 3 is 2.87 bits per heavy atom. The summed E-state index contributed by atoms with van der Waals surface area (Å²) in [6, 6.07) is 0.583. The Labute approximate surface area is 91.7 Å². The van der Waals surface area contributed by atoms with Gasteiger partial charge in [-0.1, -0.05) is 26.7 Å². The van der Waals surface area contributed by atoms with Gasteiger partial charge in [0.1, 0.15) is 0 Å². The maximum absolute atomic E-state index is 4.30. The van der Waals surface area contributed by atoms with E-state index in [2.05, 4.69) is 29.1 Å². The molecule has 3 atom stereocenters. The second-order valence-electron chi connectivity index (χ2n) is 4.93. The number of hydrogen-bond donors (Lipinski definition) is 2. The third kappa shape index (κ3) is 2.33.